The van der Waals surface area contributed by atoms with Gasteiger partial charge in [0.25, 0.3) is 5.91 Å². The standard InChI is InChI=1S/C18H19N5O5S3.C2H4.CH4/c1-8-17(30-18(20-8)21-9(2)24)31(28)19-6-11-5-10-7-23(16(27)14(10)29-11)12-3-4-13(25)22-15(12)26;1-2;/h5,12,19H,3-4,6-7H2,1-2H3,(H,20,21,24)(H,22,25,26);1-2H2;1H4. The Kier molecular flexibility index (Phi) is 9.38. The Balaban J connectivity index is 0.00000133. The molecule has 0 radical (unpaired) electrons. The fraction of sp³-hybridized carbons (Fsp3) is 0.381. The van der Waals surface area contributed by atoms with Crippen LogP contribution in [-0.4, -0.2) is 43.8 Å². The first kappa shape index (κ1) is 27.5. The summed E-state index contributed by atoms with van der Waals surface area (Å²) >= 11 is 2.45. The molecule has 2 aliphatic rings. The maximum Gasteiger partial charge on any atom is 0.265 e. The number of nitrogens with one attached hydrogen (secondary N) is 3. The molecule has 0 saturated carbocycles. The minimum absolute atomic E-state index is 0. The maximum atomic E-state index is 12.8. The quantitative estimate of drug-likeness (QED) is 0.391. The van der Waals surface area contributed by atoms with Gasteiger partial charge in [0.2, 0.25) is 17.7 Å². The van der Waals surface area contributed by atoms with Gasteiger partial charge in [0.1, 0.15) is 21.2 Å². The average molecular weight is 526 g/mol. The van der Waals surface area contributed by atoms with E-state index in [0.717, 1.165) is 21.8 Å². The number of piperidine rings is 1. The van der Waals surface area contributed by atoms with Crippen molar-refractivity contribution < 1.29 is 23.4 Å². The lowest BCUT2D eigenvalue weighted by molar-refractivity contribution is -0.137. The third kappa shape index (κ3) is 5.84. The summed E-state index contributed by atoms with van der Waals surface area (Å²) in [7, 11) is -1.52. The second kappa shape index (κ2) is 11.6. The van der Waals surface area contributed by atoms with Crippen molar-refractivity contribution in [3.8, 4) is 0 Å². The molecule has 3 N–H and O–H groups in total. The number of rotatable bonds is 6. The number of anilines is 1. The van der Waals surface area contributed by atoms with Crippen molar-refractivity contribution >= 4 is 62.4 Å². The van der Waals surface area contributed by atoms with Crippen molar-refractivity contribution in [2.24, 2.45) is 0 Å². The minimum Gasteiger partial charge on any atom is -0.321 e. The Bertz CT molecular complexity index is 1140. The first-order valence-electron chi connectivity index (χ1n) is 9.89. The molecule has 2 aromatic rings. The average Bonchev–Trinajstić information content (AvgIpc) is 3.41. The first-order valence-corrected chi connectivity index (χ1v) is 12.7. The summed E-state index contributed by atoms with van der Waals surface area (Å²) in [5.74, 6) is -1.22. The van der Waals surface area contributed by atoms with Gasteiger partial charge in [-0.25, -0.2) is 13.9 Å². The number of thiophene rings is 1. The molecule has 2 aliphatic heterocycles. The van der Waals surface area contributed by atoms with Crippen LogP contribution in [0, 0.1) is 6.92 Å². The van der Waals surface area contributed by atoms with Crippen LogP contribution >= 0.6 is 22.7 Å². The summed E-state index contributed by atoms with van der Waals surface area (Å²) in [5, 5.41) is 5.26. The van der Waals surface area contributed by atoms with E-state index < -0.39 is 22.9 Å². The highest BCUT2D eigenvalue weighted by Gasteiger charge is 2.40. The van der Waals surface area contributed by atoms with Crippen molar-refractivity contribution in [1.82, 2.24) is 19.9 Å². The number of imide groups is 1. The molecule has 0 spiro atoms. The summed E-state index contributed by atoms with van der Waals surface area (Å²) in [5.41, 5.74) is 1.40. The Morgan fingerprint density at radius 2 is 2.03 bits per heavy atom. The number of fused-ring (bicyclic) bond motifs is 1. The first-order chi connectivity index (χ1) is 15.7. The van der Waals surface area contributed by atoms with Gasteiger partial charge in [-0.15, -0.1) is 24.5 Å². The third-order valence-electron chi connectivity index (χ3n) is 4.83. The van der Waals surface area contributed by atoms with E-state index in [1.807, 2.05) is 6.07 Å². The largest absolute Gasteiger partial charge is 0.321 e. The van der Waals surface area contributed by atoms with Gasteiger partial charge in [0.15, 0.2) is 5.13 Å². The zero-order chi connectivity index (χ0) is 24.3. The lowest BCUT2D eigenvalue weighted by Crippen LogP contribution is -2.52. The number of carbonyl (C=O) groups is 4. The van der Waals surface area contributed by atoms with Crippen LogP contribution in [0.5, 0.6) is 0 Å². The number of thiazole rings is 1. The van der Waals surface area contributed by atoms with E-state index >= 15 is 0 Å². The highest BCUT2D eigenvalue weighted by atomic mass is 32.2. The number of aromatic nitrogens is 1. The highest BCUT2D eigenvalue weighted by molar-refractivity contribution is 7.85. The molecule has 4 rings (SSSR count). The van der Waals surface area contributed by atoms with Gasteiger partial charge in [-0.2, -0.15) is 0 Å². The number of amides is 4. The molecule has 2 aromatic heterocycles. The molecule has 0 aliphatic carbocycles. The van der Waals surface area contributed by atoms with Gasteiger partial charge >= 0.3 is 0 Å². The van der Waals surface area contributed by atoms with E-state index in [-0.39, 0.29) is 31.6 Å². The molecule has 4 heterocycles. The smallest absolute Gasteiger partial charge is 0.265 e. The Labute approximate surface area is 208 Å². The number of carbonyl (C=O) groups excluding carboxylic acids is 4. The SMILES string of the molecule is C.C=C.CC(=O)Nc1nc(C)c(S(=O)NCc2cc3c(s2)C(=O)N(C2CCC(=O)NC2=O)C3)s1. The van der Waals surface area contributed by atoms with Gasteiger partial charge in [0, 0.05) is 31.3 Å². The molecule has 0 bridgehead atoms. The van der Waals surface area contributed by atoms with Crippen LogP contribution in [0.2, 0.25) is 0 Å². The number of aryl methyl sites for hydroxylation is 1. The van der Waals surface area contributed by atoms with Crippen molar-refractivity contribution in [1.29, 1.82) is 0 Å². The van der Waals surface area contributed by atoms with E-state index in [1.54, 1.807) is 6.92 Å². The summed E-state index contributed by atoms with van der Waals surface area (Å²) < 4.78 is 16.1. The second-order valence-electron chi connectivity index (χ2n) is 7.13. The van der Waals surface area contributed by atoms with Crippen LogP contribution in [0.1, 0.15) is 53.0 Å². The summed E-state index contributed by atoms with van der Waals surface area (Å²) in [4.78, 5) is 54.5. The van der Waals surface area contributed by atoms with Crippen LogP contribution in [0.15, 0.2) is 23.4 Å². The third-order valence-corrected chi connectivity index (χ3v) is 8.60. The van der Waals surface area contributed by atoms with Gasteiger partial charge in [-0.3, -0.25) is 24.5 Å². The molecule has 1 fully saturated rings. The molecule has 4 amide bonds. The number of hydrogen-bond acceptors (Lipinski definition) is 8. The normalized spacial score (nSPS) is 17.8. The fourth-order valence-corrected chi connectivity index (χ4v) is 6.80. The van der Waals surface area contributed by atoms with Gasteiger partial charge in [-0.1, -0.05) is 18.8 Å². The van der Waals surface area contributed by atoms with E-state index in [1.165, 1.54) is 23.2 Å². The van der Waals surface area contributed by atoms with E-state index in [2.05, 4.69) is 33.5 Å². The molecule has 184 valence electrons. The predicted octanol–water partition coefficient (Wildman–Crippen LogP) is 2.48. The molecular weight excluding hydrogens is 498 g/mol. The Morgan fingerprint density at radius 3 is 2.65 bits per heavy atom. The summed E-state index contributed by atoms with van der Waals surface area (Å²) in [6, 6.07) is 1.24. The van der Waals surface area contributed by atoms with Crippen LogP contribution in [-0.2, 0) is 38.5 Å². The Morgan fingerprint density at radius 1 is 1.32 bits per heavy atom. The summed E-state index contributed by atoms with van der Waals surface area (Å²) in [6.45, 7) is 9.71. The highest BCUT2D eigenvalue weighted by Crippen LogP contribution is 2.34. The second-order valence-corrected chi connectivity index (χ2v) is 10.8. The van der Waals surface area contributed by atoms with Crippen molar-refractivity contribution in [2.45, 2.75) is 57.5 Å². The molecule has 2 unspecified atom stereocenters. The minimum atomic E-state index is -1.52. The topological polar surface area (TPSA) is 138 Å². The van der Waals surface area contributed by atoms with Crippen LogP contribution in [0.25, 0.3) is 0 Å². The predicted molar refractivity (Wildman–Crippen MR) is 133 cm³/mol. The molecule has 13 heteroatoms. The van der Waals surface area contributed by atoms with Crippen molar-refractivity contribution in [2.75, 3.05) is 5.32 Å². The maximum absolute atomic E-state index is 12.8. The molecule has 34 heavy (non-hydrogen) atoms. The summed E-state index contributed by atoms with van der Waals surface area (Å²) in [6.07, 6.45) is 0.545. The molecule has 0 aromatic carbocycles. The number of nitrogens with zero attached hydrogens (tertiary/aromatic N) is 2. The lowest BCUT2D eigenvalue weighted by Gasteiger charge is -2.29. The zero-order valence-corrected chi connectivity index (χ0v) is 20.5. The van der Waals surface area contributed by atoms with Crippen LogP contribution in [0.4, 0.5) is 5.13 Å². The van der Waals surface area contributed by atoms with Crippen molar-refractivity contribution in [3.05, 3.63) is 40.2 Å². The van der Waals surface area contributed by atoms with E-state index in [0.29, 0.717) is 39.4 Å². The molecule has 2 atom stereocenters. The molecular formula is C21H27N5O5S3. The molecule has 1 saturated heterocycles. The lowest BCUT2D eigenvalue weighted by atomic mass is 10.0. The Hall–Kier alpha value is -2.74. The van der Waals surface area contributed by atoms with Crippen LogP contribution in [0.3, 0.4) is 0 Å². The van der Waals surface area contributed by atoms with Crippen molar-refractivity contribution in [3.63, 3.8) is 0 Å². The van der Waals surface area contributed by atoms with Gasteiger partial charge in [-0.05, 0) is 25.0 Å². The van der Waals surface area contributed by atoms with Gasteiger partial charge < -0.3 is 10.2 Å². The van der Waals surface area contributed by atoms with Crippen LogP contribution < -0.4 is 15.4 Å². The van der Waals surface area contributed by atoms with E-state index in [9.17, 15) is 23.4 Å². The van der Waals surface area contributed by atoms with E-state index in [4.69, 9.17) is 0 Å². The zero-order valence-electron chi connectivity index (χ0n) is 18.1. The number of hydrogen-bond donors (Lipinski definition) is 3. The van der Waals surface area contributed by atoms with Gasteiger partial charge in [0.05, 0.1) is 10.6 Å². The fourth-order valence-electron chi connectivity index (χ4n) is 3.45. The monoisotopic (exact) mass is 525 g/mol. The molecule has 10 nitrogen and oxygen atoms in total.